The first-order valence-corrected chi connectivity index (χ1v) is 11.7. The number of hydrogen-bond acceptors (Lipinski definition) is 5. The molecule has 0 saturated carbocycles. The fraction of sp³-hybridized carbons (Fsp3) is 0.143. The second-order valence-electron chi connectivity index (χ2n) is 8.68. The molecule has 1 aromatic heterocycles. The number of nitrogens with zero attached hydrogens (tertiary/aromatic N) is 1. The molecule has 0 saturated heterocycles. The van der Waals surface area contributed by atoms with E-state index in [4.69, 9.17) is 30.5 Å². The van der Waals surface area contributed by atoms with Crippen molar-refractivity contribution in [2.24, 2.45) is 0 Å². The lowest BCUT2D eigenvalue weighted by atomic mass is 9.93. The molecular weight excluding hydrogens is 501 g/mol. The van der Waals surface area contributed by atoms with Gasteiger partial charge in [0.25, 0.3) is 0 Å². The van der Waals surface area contributed by atoms with Gasteiger partial charge in [0.05, 0.1) is 28.8 Å². The molecule has 0 atom stereocenters. The highest BCUT2D eigenvalue weighted by molar-refractivity contribution is 6.31. The predicted octanol–water partition coefficient (Wildman–Crippen LogP) is 6.02. The smallest absolute Gasteiger partial charge is 0.343 e. The van der Waals surface area contributed by atoms with Gasteiger partial charge in [0.15, 0.2) is 35.7 Å². The Bertz CT molecular complexity index is 1730. The van der Waals surface area contributed by atoms with Gasteiger partial charge in [-0.3, -0.25) is 0 Å². The van der Waals surface area contributed by atoms with Crippen LogP contribution >= 0.6 is 24.0 Å². The van der Waals surface area contributed by atoms with E-state index in [0.717, 1.165) is 51.5 Å². The number of halogens is 2. The summed E-state index contributed by atoms with van der Waals surface area (Å²) in [5.74, 6) is 1.98. The van der Waals surface area contributed by atoms with E-state index < -0.39 is 5.97 Å². The molecular formula is C28H20Cl2NO5+. The van der Waals surface area contributed by atoms with Crippen LogP contribution in [-0.4, -0.2) is 19.9 Å². The average Bonchev–Trinajstić information content (AvgIpc) is 3.35. The van der Waals surface area contributed by atoms with Crippen LogP contribution in [0.4, 0.5) is 0 Å². The van der Waals surface area contributed by atoms with E-state index in [1.807, 2.05) is 18.3 Å². The van der Waals surface area contributed by atoms with E-state index in [2.05, 4.69) is 22.8 Å². The number of hydrogen-bond donors (Lipinski definition) is 0. The van der Waals surface area contributed by atoms with Gasteiger partial charge in [0.1, 0.15) is 0 Å². The van der Waals surface area contributed by atoms with Crippen LogP contribution in [0.2, 0.25) is 5.02 Å². The summed E-state index contributed by atoms with van der Waals surface area (Å²) in [5, 5.41) is 5.54. The first kappa shape index (κ1) is 22.7. The summed E-state index contributed by atoms with van der Waals surface area (Å²) < 4.78 is 25.2. The van der Waals surface area contributed by atoms with Crippen LogP contribution in [-0.2, 0) is 13.0 Å². The Hall–Kier alpha value is -3.74. The van der Waals surface area contributed by atoms with Crippen molar-refractivity contribution in [2.75, 3.05) is 13.9 Å². The lowest BCUT2D eigenvalue weighted by molar-refractivity contribution is -0.670. The fourth-order valence-electron chi connectivity index (χ4n) is 5.27. The maximum atomic E-state index is 13.0. The van der Waals surface area contributed by atoms with Crippen molar-refractivity contribution in [3.8, 4) is 23.0 Å². The molecule has 0 aliphatic carbocycles. The zero-order chi connectivity index (χ0) is 23.7. The third-order valence-corrected chi connectivity index (χ3v) is 7.04. The Morgan fingerprint density at radius 1 is 1.00 bits per heavy atom. The molecule has 2 aliphatic rings. The van der Waals surface area contributed by atoms with Crippen LogP contribution in [0.3, 0.4) is 0 Å². The molecule has 4 aromatic carbocycles. The van der Waals surface area contributed by atoms with Crippen LogP contribution in [0, 0.1) is 0 Å². The number of carbonyl (C=O) groups excluding carboxylic acids is 1. The first-order chi connectivity index (χ1) is 17.1. The van der Waals surface area contributed by atoms with Crippen molar-refractivity contribution < 1.29 is 28.3 Å². The highest BCUT2D eigenvalue weighted by Gasteiger charge is 2.30. The van der Waals surface area contributed by atoms with Gasteiger partial charge in [-0.2, -0.15) is 4.57 Å². The molecule has 0 spiro atoms. The van der Waals surface area contributed by atoms with Gasteiger partial charge in [-0.25, -0.2) is 4.79 Å². The van der Waals surface area contributed by atoms with Crippen LogP contribution < -0.4 is 23.5 Å². The van der Waals surface area contributed by atoms with Crippen molar-refractivity contribution in [3.05, 3.63) is 76.9 Å². The van der Waals surface area contributed by atoms with E-state index in [9.17, 15) is 4.79 Å². The number of aromatic nitrogens is 1. The molecule has 0 amide bonds. The molecule has 0 radical (unpaired) electrons. The average molecular weight is 521 g/mol. The lowest BCUT2D eigenvalue weighted by Crippen LogP contribution is -2.38. The number of carbonyl (C=O) groups is 1. The number of rotatable bonds is 3. The summed E-state index contributed by atoms with van der Waals surface area (Å²) in [6.45, 7) is 1.03. The normalized spacial score (nSPS) is 13.3. The van der Waals surface area contributed by atoms with Crippen molar-refractivity contribution in [1.29, 1.82) is 0 Å². The molecule has 36 heavy (non-hydrogen) atoms. The van der Waals surface area contributed by atoms with Gasteiger partial charge in [-0.05, 0) is 54.1 Å². The minimum absolute atomic E-state index is 0. The molecule has 8 heteroatoms. The molecule has 2 aliphatic heterocycles. The summed E-state index contributed by atoms with van der Waals surface area (Å²) in [6.07, 6.45) is 2.91. The minimum atomic E-state index is -0.495. The number of benzene rings is 4. The predicted molar refractivity (Wildman–Crippen MR) is 139 cm³/mol. The summed E-state index contributed by atoms with van der Waals surface area (Å²) in [7, 11) is 1.57. The topological polar surface area (TPSA) is 57.9 Å². The van der Waals surface area contributed by atoms with Crippen LogP contribution in [0.25, 0.3) is 32.4 Å². The highest BCUT2D eigenvalue weighted by atomic mass is 35.5. The summed E-state index contributed by atoms with van der Waals surface area (Å²) in [5.41, 5.74) is 2.75. The second-order valence-corrected chi connectivity index (χ2v) is 9.12. The molecule has 0 bridgehead atoms. The molecule has 0 unspecified atom stereocenters. The molecule has 3 heterocycles. The van der Waals surface area contributed by atoms with Crippen molar-refractivity contribution >= 4 is 62.4 Å². The number of esters is 1. The summed E-state index contributed by atoms with van der Waals surface area (Å²) in [4.78, 5) is 13.0. The first-order valence-electron chi connectivity index (χ1n) is 11.3. The van der Waals surface area contributed by atoms with Crippen molar-refractivity contribution in [1.82, 2.24) is 0 Å². The maximum Gasteiger partial charge on any atom is 0.343 e. The quantitative estimate of drug-likeness (QED) is 0.126. The SMILES string of the molecule is COc1ccc2c(c[n+]3c4c2ccc2c5c(cc(c24)CC3)OCO5)c1OC(=O)c1cccc(Cl)c1.Cl. The third-order valence-electron chi connectivity index (χ3n) is 6.81. The van der Waals surface area contributed by atoms with E-state index in [1.54, 1.807) is 31.4 Å². The zero-order valence-corrected chi connectivity index (χ0v) is 20.7. The van der Waals surface area contributed by atoms with Gasteiger partial charge in [0, 0.05) is 22.2 Å². The number of fused-ring (bicyclic) bond motifs is 4. The number of methoxy groups -OCH3 is 1. The van der Waals surface area contributed by atoms with Crippen molar-refractivity contribution in [3.63, 3.8) is 0 Å². The molecule has 0 N–H and O–H groups in total. The highest BCUT2D eigenvalue weighted by Crippen LogP contribution is 2.46. The van der Waals surface area contributed by atoms with E-state index in [-0.39, 0.29) is 19.2 Å². The minimum Gasteiger partial charge on any atom is -0.493 e. The Balaban J connectivity index is 0.00000240. The molecule has 7 rings (SSSR count). The van der Waals surface area contributed by atoms with Crippen LogP contribution in [0.15, 0.2) is 60.8 Å². The number of ether oxygens (including phenoxy) is 4. The van der Waals surface area contributed by atoms with Gasteiger partial charge in [-0.1, -0.05) is 17.7 Å². The van der Waals surface area contributed by atoms with Gasteiger partial charge >= 0.3 is 5.97 Å². The fourth-order valence-corrected chi connectivity index (χ4v) is 5.46. The van der Waals surface area contributed by atoms with Crippen LogP contribution in [0.5, 0.6) is 23.0 Å². The van der Waals surface area contributed by atoms with Crippen molar-refractivity contribution in [2.45, 2.75) is 13.0 Å². The number of aryl methyl sites for hydroxylation is 2. The van der Waals surface area contributed by atoms with Gasteiger partial charge in [-0.15, -0.1) is 12.4 Å². The molecule has 180 valence electrons. The Morgan fingerprint density at radius 3 is 2.67 bits per heavy atom. The molecule has 0 fully saturated rings. The number of pyridine rings is 1. The summed E-state index contributed by atoms with van der Waals surface area (Å²) in [6, 6.07) is 16.8. The lowest BCUT2D eigenvalue weighted by Gasteiger charge is -2.18. The van der Waals surface area contributed by atoms with Crippen LogP contribution in [0.1, 0.15) is 15.9 Å². The van der Waals surface area contributed by atoms with Gasteiger partial charge in [0.2, 0.25) is 12.3 Å². The van der Waals surface area contributed by atoms with Gasteiger partial charge < -0.3 is 18.9 Å². The molecule has 6 nitrogen and oxygen atoms in total. The largest absolute Gasteiger partial charge is 0.493 e. The van der Waals surface area contributed by atoms with E-state index in [0.29, 0.717) is 22.1 Å². The van der Waals surface area contributed by atoms with E-state index in [1.165, 1.54) is 10.9 Å². The Kier molecular flexibility index (Phi) is 5.32. The Labute approximate surface area is 217 Å². The second kappa shape index (κ2) is 8.43. The summed E-state index contributed by atoms with van der Waals surface area (Å²) >= 11 is 6.09. The third kappa shape index (κ3) is 3.25. The Morgan fingerprint density at radius 2 is 1.83 bits per heavy atom. The van der Waals surface area contributed by atoms with E-state index >= 15 is 0 Å². The monoisotopic (exact) mass is 520 g/mol. The molecule has 5 aromatic rings. The standard InChI is InChI=1S/C28H19ClNO5.ClH/c1-32-22-8-7-18-19-5-6-20-24-15(12-23-26(20)34-14-33-23)9-10-30(25(19)24)13-21(18)27(22)35-28(31)16-3-2-4-17(29)11-16;/h2-8,11-13H,9-10,14H2,1H3;1H/q+1;. The maximum absolute atomic E-state index is 13.0. The zero-order valence-electron chi connectivity index (χ0n) is 19.2.